The smallest absolute Gasteiger partial charge is 0.790 e. The molecule has 0 aromatic rings. The standard InChI is InChI=1S/C28H27O8P.2Na/c1-3-5-7-9-11-12-13-14-15-17-18-20-22-27(29)34-24-26(25-35-37(31,32)33)36-28(30)23-21-19-16-10-8-6-4-2;;/h1,26H,4,6,8,10,16,19,21,23-25H2,2H3,(H2,31,32,33);;/q;2*+1/p-2/t26-;;/m0../s1. The Hall–Kier alpha value is -2.03. The summed E-state index contributed by atoms with van der Waals surface area (Å²) in [6, 6.07) is 0. The van der Waals surface area contributed by atoms with Crippen molar-refractivity contribution >= 4 is 19.8 Å². The molecule has 0 bridgehead atoms. The molecule has 0 rings (SSSR count). The fourth-order valence-corrected chi connectivity index (χ4v) is 2.72. The van der Waals surface area contributed by atoms with Crippen LogP contribution in [0.2, 0.25) is 0 Å². The Bertz CT molecular complexity index is 1230. The predicted octanol–water partition coefficient (Wildman–Crippen LogP) is -4.91. The Morgan fingerprint density at radius 2 is 1.26 bits per heavy atom. The van der Waals surface area contributed by atoms with Crippen LogP contribution in [0.5, 0.6) is 0 Å². The van der Waals surface area contributed by atoms with Gasteiger partial charge in [-0.2, -0.15) is 0 Å². The van der Waals surface area contributed by atoms with Gasteiger partial charge in [0.15, 0.2) is 6.10 Å². The second-order valence-electron chi connectivity index (χ2n) is 6.97. The minimum atomic E-state index is -5.31. The van der Waals surface area contributed by atoms with E-state index in [-0.39, 0.29) is 65.5 Å². The molecule has 0 aromatic heterocycles. The van der Waals surface area contributed by atoms with Crippen molar-refractivity contribution in [3.63, 3.8) is 0 Å². The van der Waals surface area contributed by atoms with Crippen LogP contribution >= 0.6 is 7.82 Å². The molecule has 1 atom stereocenters. The first-order chi connectivity index (χ1) is 17.8. The summed E-state index contributed by atoms with van der Waals surface area (Å²) < 4.78 is 24.8. The maximum absolute atomic E-state index is 12.0. The van der Waals surface area contributed by atoms with Crippen LogP contribution in [0, 0.1) is 83.4 Å². The zero-order valence-electron chi connectivity index (χ0n) is 22.4. The quantitative estimate of drug-likeness (QED) is 0.0512. The Balaban J connectivity index is -0.00000648. The maximum atomic E-state index is 12.0. The summed E-state index contributed by atoms with van der Waals surface area (Å²) in [5.41, 5.74) is 0. The molecule has 192 valence electrons. The SMILES string of the molecule is C#CC#CC#CC#CC#CC#CC#CC(=O)OC[C@@H](COP(=O)([O-])[O-])OC(=O)CCCCCCCCC.[Na+].[Na+]. The van der Waals surface area contributed by atoms with E-state index in [1.165, 1.54) is 6.42 Å². The number of rotatable bonds is 14. The molecule has 0 unspecified atom stereocenters. The van der Waals surface area contributed by atoms with Gasteiger partial charge in [-0.15, -0.1) is 6.42 Å². The minimum absolute atomic E-state index is 0. The number of unbranched alkanes of at least 4 members (excludes halogenated alkanes) is 6. The van der Waals surface area contributed by atoms with Gasteiger partial charge in [0, 0.05) is 12.3 Å². The van der Waals surface area contributed by atoms with Gasteiger partial charge in [0.25, 0.3) is 0 Å². The molecule has 8 nitrogen and oxygen atoms in total. The average molecular weight is 566 g/mol. The summed E-state index contributed by atoms with van der Waals surface area (Å²) in [5, 5.41) is 0. The van der Waals surface area contributed by atoms with Crippen molar-refractivity contribution in [2.75, 3.05) is 13.2 Å². The third kappa shape index (κ3) is 32.1. The Kier molecular flexibility index (Phi) is 30.8. The fraction of sp³-hybridized carbons (Fsp3) is 0.429. The summed E-state index contributed by atoms with van der Waals surface area (Å²) >= 11 is 0. The van der Waals surface area contributed by atoms with E-state index >= 15 is 0 Å². The first-order valence-electron chi connectivity index (χ1n) is 11.3. The molecular formula is C28H25Na2O8P. The van der Waals surface area contributed by atoms with E-state index in [1.807, 2.05) is 0 Å². The van der Waals surface area contributed by atoms with Crippen molar-refractivity contribution in [1.82, 2.24) is 0 Å². The van der Waals surface area contributed by atoms with Gasteiger partial charge >= 0.3 is 71.1 Å². The molecule has 0 N–H and O–H groups in total. The van der Waals surface area contributed by atoms with Crippen molar-refractivity contribution in [1.29, 1.82) is 0 Å². The van der Waals surface area contributed by atoms with E-state index in [9.17, 15) is 23.9 Å². The molecule has 0 saturated heterocycles. The molecule has 0 spiro atoms. The number of ether oxygens (including phenoxy) is 2. The summed E-state index contributed by atoms with van der Waals surface area (Å²) in [6.07, 6.45) is 10.7. The van der Waals surface area contributed by atoms with Gasteiger partial charge in [-0.25, -0.2) is 4.79 Å². The molecule has 0 aliphatic rings. The Labute approximate surface area is 275 Å². The fourth-order valence-electron chi connectivity index (χ4n) is 2.37. The zero-order chi connectivity index (χ0) is 27.6. The molecule has 0 saturated carbocycles. The Morgan fingerprint density at radius 1 is 0.769 bits per heavy atom. The van der Waals surface area contributed by atoms with Crippen LogP contribution in [-0.4, -0.2) is 31.3 Å². The Morgan fingerprint density at radius 3 is 1.77 bits per heavy atom. The molecular weight excluding hydrogens is 541 g/mol. The van der Waals surface area contributed by atoms with E-state index in [2.05, 4.69) is 88.4 Å². The van der Waals surface area contributed by atoms with Crippen molar-refractivity contribution in [2.45, 2.75) is 64.4 Å². The molecule has 0 fully saturated rings. The van der Waals surface area contributed by atoms with Gasteiger partial charge in [0.05, 0.1) is 14.4 Å². The first kappa shape index (κ1) is 41.5. The molecule has 0 aliphatic heterocycles. The normalized spacial score (nSPS) is 9.08. The molecule has 0 amide bonds. The van der Waals surface area contributed by atoms with Crippen LogP contribution in [0.3, 0.4) is 0 Å². The van der Waals surface area contributed by atoms with Crippen molar-refractivity contribution in [3.8, 4) is 83.4 Å². The number of phosphoric ester groups is 1. The van der Waals surface area contributed by atoms with Crippen LogP contribution in [-0.2, 0) is 28.2 Å². The summed E-state index contributed by atoms with van der Waals surface area (Å²) in [4.78, 5) is 45.2. The van der Waals surface area contributed by atoms with Gasteiger partial charge in [-0.3, -0.25) is 4.79 Å². The molecule has 11 heteroatoms. The second-order valence-corrected chi connectivity index (χ2v) is 8.12. The number of terminal acetylenes is 1. The van der Waals surface area contributed by atoms with E-state index in [1.54, 1.807) is 0 Å². The number of esters is 2. The number of carbonyl (C=O) groups excluding carboxylic acids is 2. The number of hydrogen-bond acceptors (Lipinski definition) is 8. The van der Waals surface area contributed by atoms with E-state index in [0.717, 1.165) is 32.1 Å². The molecule has 0 aromatic carbocycles. The summed E-state index contributed by atoms with van der Waals surface area (Å²) in [5.74, 6) is 28.3. The average Bonchev–Trinajstić information content (AvgIpc) is 2.85. The van der Waals surface area contributed by atoms with Crippen LogP contribution in [0.15, 0.2) is 0 Å². The van der Waals surface area contributed by atoms with Crippen molar-refractivity contribution in [2.24, 2.45) is 0 Å². The van der Waals surface area contributed by atoms with Crippen LogP contribution in [0.1, 0.15) is 58.3 Å². The largest absolute Gasteiger partial charge is 1.00 e. The second kappa shape index (κ2) is 29.0. The van der Waals surface area contributed by atoms with Crippen LogP contribution in [0.4, 0.5) is 0 Å². The zero-order valence-corrected chi connectivity index (χ0v) is 27.3. The summed E-state index contributed by atoms with van der Waals surface area (Å²) in [6.45, 7) is 0.776. The van der Waals surface area contributed by atoms with Crippen LogP contribution in [0.25, 0.3) is 0 Å². The third-order valence-electron chi connectivity index (χ3n) is 3.96. The molecule has 0 aliphatic carbocycles. The van der Waals surface area contributed by atoms with E-state index < -0.39 is 39.1 Å². The molecule has 39 heavy (non-hydrogen) atoms. The minimum Gasteiger partial charge on any atom is -0.790 e. The van der Waals surface area contributed by atoms with E-state index in [0.29, 0.717) is 6.42 Å². The van der Waals surface area contributed by atoms with Gasteiger partial charge in [-0.1, -0.05) is 45.4 Å². The topological polar surface area (TPSA) is 125 Å². The van der Waals surface area contributed by atoms with Crippen molar-refractivity contribution in [3.05, 3.63) is 0 Å². The van der Waals surface area contributed by atoms with Gasteiger partial charge in [0.1, 0.15) is 6.61 Å². The number of phosphoric acid groups is 1. The van der Waals surface area contributed by atoms with Crippen molar-refractivity contribution < 1.29 is 97.1 Å². The van der Waals surface area contributed by atoms with Gasteiger partial charge in [0.2, 0.25) is 0 Å². The number of hydrogen-bond donors (Lipinski definition) is 0. The van der Waals surface area contributed by atoms with Gasteiger partial charge < -0.3 is 28.3 Å². The van der Waals surface area contributed by atoms with Gasteiger partial charge in [-0.05, 0) is 77.5 Å². The first-order valence-corrected chi connectivity index (χ1v) is 12.7. The maximum Gasteiger partial charge on any atom is 1.00 e. The molecule has 0 heterocycles. The number of carbonyl (C=O) groups is 2. The van der Waals surface area contributed by atoms with Crippen LogP contribution < -0.4 is 68.9 Å². The third-order valence-corrected chi connectivity index (χ3v) is 4.43. The predicted molar refractivity (Wildman–Crippen MR) is 132 cm³/mol. The summed E-state index contributed by atoms with van der Waals surface area (Å²) in [7, 11) is -5.31. The molecule has 0 radical (unpaired) electrons. The van der Waals surface area contributed by atoms with E-state index in [4.69, 9.17) is 15.9 Å². The monoisotopic (exact) mass is 566 g/mol.